The molecule has 0 aliphatic carbocycles. The molecule has 0 atom stereocenters. The van der Waals surface area contributed by atoms with Gasteiger partial charge >= 0.3 is 0 Å². The zero-order valence-corrected chi connectivity index (χ0v) is 18.7. The molecule has 0 aromatic carbocycles. The summed E-state index contributed by atoms with van der Waals surface area (Å²) in [5.41, 5.74) is 0.376. The van der Waals surface area contributed by atoms with Crippen LogP contribution in [0.2, 0.25) is 0 Å². The van der Waals surface area contributed by atoms with Gasteiger partial charge in [-0.25, -0.2) is 4.98 Å². The van der Waals surface area contributed by atoms with Crippen LogP contribution in [-0.2, 0) is 13.1 Å². The average molecular weight is 447 g/mol. The molecule has 0 radical (unpaired) electrons. The fraction of sp³-hybridized carbons (Fsp3) is 0.667. The van der Waals surface area contributed by atoms with E-state index in [9.17, 15) is 4.79 Å². The predicted molar refractivity (Wildman–Crippen MR) is 117 cm³/mol. The highest BCUT2D eigenvalue weighted by Crippen LogP contribution is 2.11. The van der Waals surface area contributed by atoms with Gasteiger partial charge in [0.1, 0.15) is 5.82 Å². The fourth-order valence-corrected chi connectivity index (χ4v) is 3.24. The molecule has 11 heteroatoms. The summed E-state index contributed by atoms with van der Waals surface area (Å²) in [5, 5.41) is 14.3. The highest BCUT2D eigenvalue weighted by Gasteiger charge is 2.13. The van der Waals surface area contributed by atoms with Crippen LogP contribution in [0.5, 0.6) is 0 Å². The van der Waals surface area contributed by atoms with E-state index in [0.29, 0.717) is 18.2 Å². The highest BCUT2D eigenvalue weighted by atomic mass is 35.5. The van der Waals surface area contributed by atoms with Crippen molar-refractivity contribution in [1.29, 1.82) is 0 Å². The summed E-state index contributed by atoms with van der Waals surface area (Å²) < 4.78 is 3.89. The number of rotatable bonds is 9. The number of aromatic nitrogens is 5. The molecule has 0 saturated carbocycles. The summed E-state index contributed by atoms with van der Waals surface area (Å²) in [6.07, 6.45) is 6.39. The molecule has 1 fully saturated rings. The first-order chi connectivity index (χ1) is 13.1. The van der Waals surface area contributed by atoms with Gasteiger partial charge in [-0.1, -0.05) is 19.1 Å². The van der Waals surface area contributed by atoms with Crippen LogP contribution in [0.3, 0.4) is 0 Å². The third-order valence-electron chi connectivity index (χ3n) is 4.75. The minimum atomic E-state index is -0.168. The first-order valence-corrected chi connectivity index (χ1v) is 9.76. The largest absolute Gasteiger partial charge is 0.351 e. The molecular formula is C18H32Cl2N8O. The Bertz CT molecular complexity index is 727. The second-order valence-electron chi connectivity index (χ2n) is 7.20. The van der Waals surface area contributed by atoms with Crippen molar-refractivity contribution in [1.82, 2.24) is 40.1 Å². The van der Waals surface area contributed by atoms with Crippen LogP contribution in [-0.4, -0.2) is 74.6 Å². The number of aryl methyl sites for hydroxylation is 1. The monoisotopic (exact) mass is 446 g/mol. The van der Waals surface area contributed by atoms with Crippen LogP contribution >= 0.6 is 24.8 Å². The lowest BCUT2D eigenvalue weighted by Gasteiger charge is -2.26. The number of hydrogen-bond acceptors (Lipinski definition) is 6. The van der Waals surface area contributed by atoms with Gasteiger partial charge in [0.2, 0.25) is 0 Å². The predicted octanol–water partition coefficient (Wildman–Crippen LogP) is 1.17. The van der Waals surface area contributed by atoms with Gasteiger partial charge in [-0.3, -0.25) is 14.4 Å². The minimum Gasteiger partial charge on any atom is -0.351 e. The normalized spacial score (nSPS) is 14.3. The molecule has 0 unspecified atom stereocenters. The molecule has 1 aliphatic heterocycles. The summed E-state index contributed by atoms with van der Waals surface area (Å²) in [6.45, 7) is 11.5. The molecule has 3 rings (SSSR count). The molecule has 2 aromatic rings. The Hall–Kier alpha value is -1.68. The number of imidazole rings is 1. The van der Waals surface area contributed by atoms with Gasteiger partial charge in [0.15, 0.2) is 5.69 Å². The third-order valence-corrected chi connectivity index (χ3v) is 4.75. The van der Waals surface area contributed by atoms with Gasteiger partial charge < -0.3 is 15.2 Å². The highest BCUT2D eigenvalue weighted by molar-refractivity contribution is 5.91. The second-order valence-corrected chi connectivity index (χ2v) is 7.20. The van der Waals surface area contributed by atoms with Crippen molar-refractivity contribution in [3.8, 4) is 0 Å². The average Bonchev–Trinajstić information content (AvgIpc) is 3.34. The number of nitrogens with one attached hydrogen (secondary N) is 2. The zero-order chi connectivity index (χ0) is 19.1. The maximum Gasteiger partial charge on any atom is 0.273 e. The van der Waals surface area contributed by atoms with Gasteiger partial charge in [-0.2, -0.15) is 0 Å². The molecule has 2 aromatic heterocycles. The van der Waals surface area contributed by atoms with Gasteiger partial charge in [-0.15, -0.1) is 29.9 Å². The Morgan fingerprint density at radius 2 is 1.97 bits per heavy atom. The molecule has 2 N–H and O–H groups in total. The van der Waals surface area contributed by atoms with Crippen molar-refractivity contribution in [3.63, 3.8) is 0 Å². The molecule has 0 spiro atoms. The van der Waals surface area contributed by atoms with Crippen molar-refractivity contribution in [3.05, 3.63) is 30.1 Å². The Morgan fingerprint density at radius 3 is 2.69 bits per heavy atom. The Kier molecular flexibility index (Phi) is 11.2. The van der Waals surface area contributed by atoms with E-state index in [2.05, 4.69) is 49.2 Å². The third kappa shape index (κ3) is 7.58. The number of amides is 1. The van der Waals surface area contributed by atoms with Crippen LogP contribution < -0.4 is 10.6 Å². The fourth-order valence-electron chi connectivity index (χ4n) is 3.24. The summed E-state index contributed by atoms with van der Waals surface area (Å²) in [4.78, 5) is 19.0. The Morgan fingerprint density at radius 1 is 1.21 bits per heavy atom. The van der Waals surface area contributed by atoms with Crippen LogP contribution in [0.25, 0.3) is 0 Å². The lowest BCUT2D eigenvalue weighted by molar-refractivity contribution is 0.0947. The van der Waals surface area contributed by atoms with E-state index in [1.807, 2.05) is 12.4 Å². The second kappa shape index (κ2) is 12.8. The topological polar surface area (TPSA) is 92.9 Å². The molecule has 3 heterocycles. The van der Waals surface area contributed by atoms with E-state index in [1.165, 1.54) is 0 Å². The Labute approximate surface area is 184 Å². The molecule has 29 heavy (non-hydrogen) atoms. The standard InChI is InChI=1S/C18H30N8O.2ClH/c1-15(2)17-20-7-11-25(17)8-3-4-21-18(27)16-14-26(23-22-16)13-12-24-9-5-19-6-10-24;;/h7,11,14-15,19H,3-6,8-10,12-13H2,1-2H3,(H,21,27);2*1H. The summed E-state index contributed by atoms with van der Waals surface area (Å²) in [7, 11) is 0. The zero-order valence-electron chi connectivity index (χ0n) is 17.1. The molecule has 9 nitrogen and oxygen atoms in total. The van der Waals surface area contributed by atoms with E-state index in [-0.39, 0.29) is 30.7 Å². The van der Waals surface area contributed by atoms with E-state index in [0.717, 1.165) is 58.1 Å². The van der Waals surface area contributed by atoms with Crippen molar-refractivity contribution >= 4 is 30.7 Å². The number of carbonyl (C=O) groups is 1. The number of carbonyl (C=O) groups excluding carboxylic acids is 1. The van der Waals surface area contributed by atoms with Gasteiger partial charge in [0.05, 0.1) is 12.7 Å². The smallest absolute Gasteiger partial charge is 0.273 e. The SMILES string of the molecule is CC(C)c1nccn1CCCNC(=O)c1cn(CCN2CCNCC2)nn1.Cl.Cl. The first kappa shape index (κ1) is 25.4. The number of hydrogen-bond donors (Lipinski definition) is 2. The maximum atomic E-state index is 12.2. The number of piperazine rings is 1. The lowest BCUT2D eigenvalue weighted by atomic mass is 10.2. The quantitative estimate of drug-likeness (QED) is 0.561. The summed E-state index contributed by atoms with van der Waals surface area (Å²) in [6, 6.07) is 0. The van der Waals surface area contributed by atoms with Crippen LogP contribution in [0, 0.1) is 0 Å². The summed E-state index contributed by atoms with van der Waals surface area (Å²) in [5.74, 6) is 1.30. The van der Waals surface area contributed by atoms with E-state index in [4.69, 9.17) is 0 Å². The Balaban J connectivity index is 0.00000210. The van der Waals surface area contributed by atoms with Crippen LogP contribution in [0.15, 0.2) is 18.6 Å². The van der Waals surface area contributed by atoms with Crippen molar-refractivity contribution in [2.75, 3.05) is 39.3 Å². The number of halogens is 2. The molecule has 164 valence electrons. The van der Waals surface area contributed by atoms with Crippen molar-refractivity contribution in [2.24, 2.45) is 0 Å². The van der Waals surface area contributed by atoms with Crippen molar-refractivity contribution in [2.45, 2.75) is 39.3 Å². The minimum absolute atomic E-state index is 0. The summed E-state index contributed by atoms with van der Waals surface area (Å²) >= 11 is 0. The molecule has 1 saturated heterocycles. The maximum absolute atomic E-state index is 12.2. The van der Waals surface area contributed by atoms with E-state index < -0.39 is 0 Å². The van der Waals surface area contributed by atoms with Gasteiger partial charge in [-0.05, 0) is 6.42 Å². The molecule has 0 bridgehead atoms. The van der Waals surface area contributed by atoms with Gasteiger partial charge in [0.25, 0.3) is 5.91 Å². The van der Waals surface area contributed by atoms with Crippen molar-refractivity contribution < 1.29 is 4.79 Å². The first-order valence-electron chi connectivity index (χ1n) is 9.76. The molecular weight excluding hydrogens is 415 g/mol. The lowest BCUT2D eigenvalue weighted by Crippen LogP contribution is -2.44. The number of nitrogens with zero attached hydrogens (tertiary/aromatic N) is 6. The molecule has 1 amide bonds. The van der Waals surface area contributed by atoms with E-state index >= 15 is 0 Å². The van der Waals surface area contributed by atoms with Crippen LogP contribution in [0.1, 0.15) is 42.5 Å². The van der Waals surface area contributed by atoms with Gasteiger partial charge in [0, 0.05) is 64.1 Å². The molecule has 1 aliphatic rings. The van der Waals surface area contributed by atoms with Crippen LogP contribution in [0.4, 0.5) is 0 Å². The van der Waals surface area contributed by atoms with E-state index in [1.54, 1.807) is 10.9 Å².